The zero-order valence-electron chi connectivity index (χ0n) is 15.9. The van der Waals surface area contributed by atoms with E-state index < -0.39 is 27.6 Å². The zero-order chi connectivity index (χ0) is 20.2. The number of ketones is 1. The van der Waals surface area contributed by atoms with Gasteiger partial charge >= 0.3 is 5.76 Å². The first-order chi connectivity index (χ1) is 12.6. The van der Waals surface area contributed by atoms with E-state index >= 15 is 0 Å². The highest BCUT2D eigenvalue weighted by molar-refractivity contribution is 7.89. The van der Waals surface area contributed by atoms with E-state index in [1.165, 1.54) is 12.1 Å². The topological polar surface area (TPSA) is 111 Å². The largest absolute Gasteiger partial charge is 0.437 e. The van der Waals surface area contributed by atoms with Crippen LogP contribution in [0.15, 0.2) is 44.4 Å². The lowest BCUT2D eigenvalue weighted by Gasteiger charge is -2.18. The number of nitrogens with one attached hydrogen (secondary N) is 1. The van der Waals surface area contributed by atoms with Crippen molar-refractivity contribution in [2.24, 2.45) is 11.8 Å². The molecule has 0 spiro atoms. The van der Waals surface area contributed by atoms with Crippen molar-refractivity contribution in [2.75, 3.05) is 0 Å². The van der Waals surface area contributed by atoms with Crippen LogP contribution in [0.4, 0.5) is 0 Å². The summed E-state index contributed by atoms with van der Waals surface area (Å²) < 4.78 is 33.7. The van der Waals surface area contributed by atoms with E-state index in [1.54, 1.807) is 18.2 Å². The highest BCUT2D eigenvalue weighted by atomic mass is 32.2. The van der Waals surface area contributed by atoms with E-state index in [-0.39, 0.29) is 29.0 Å². The quantitative estimate of drug-likeness (QED) is 0.651. The Morgan fingerprint density at radius 1 is 1.15 bits per heavy atom. The molecule has 0 aliphatic carbocycles. The van der Waals surface area contributed by atoms with E-state index in [4.69, 9.17) is 4.42 Å². The van der Waals surface area contributed by atoms with Crippen LogP contribution >= 0.6 is 0 Å². The Hall–Kier alpha value is -2.26. The number of benzene rings is 1. The van der Waals surface area contributed by atoms with Gasteiger partial charge in [-0.25, -0.2) is 17.9 Å². The fraction of sp³-hybridized carbons (Fsp3) is 0.500. The van der Waals surface area contributed by atoms with E-state index in [0.717, 1.165) is 4.68 Å². The number of carbonyl (C=O) groups excluding carboxylic acids is 1. The standard InChI is InChI=1S/C18H25N3O5S/c1-12(2)10-15(20-27(24,25)14-8-6-5-7-9-14)16(22)17-19-21(11-13(3)4)18(23)26-17/h5-9,12-13,15,20H,10-11H2,1-4H3. The molecule has 0 bridgehead atoms. The van der Waals surface area contributed by atoms with Crippen molar-refractivity contribution >= 4 is 15.8 Å². The fourth-order valence-corrected chi connectivity index (χ4v) is 3.78. The second-order valence-corrected chi connectivity index (χ2v) is 8.94. The van der Waals surface area contributed by atoms with Gasteiger partial charge < -0.3 is 4.42 Å². The Morgan fingerprint density at radius 2 is 1.78 bits per heavy atom. The van der Waals surface area contributed by atoms with E-state index in [1.807, 2.05) is 27.7 Å². The Bertz CT molecular complexity index is 929. The number of hydrogen-bond donors (Lipinski definition) is 1. The smallest absolute Gasteiger partial charge is 0.384 e. The van der Waals surface area contributed by atoms with E-state index in [0.29, 0.717) is 6.54 Å². The van der Waals surface area contributed by atoms with Gasteiger partial charge in [-0.3, -0.25) is 4.79 Å². The fourth-order valence-electron chi connectivity index (χ4n) is 2.55. The summed E-state index contributed by atoms with van der Waals surface area (Å²) in [4.78, 5) is 24.7. The second kappa shape index (κ2) is 8.62. The highest BCUT2D eigenvalue weighted by Crippen LogP contribution is 2.14. The third-order valence-electron chi connectivity index (χ3n) is 3.73. The molecule has 0 saturated carbocycles. The molecule has 0 aliphatic heterocycles. The first kappa shape index (κ1) is 21.0. The lowest BCUT2D eigenvalue weighted by Crippen LogP contribution is -2.41. The molecule has 1 N–H and O–H groups in total. The van der Waals surface area contributed by atoms with Gasteiger partial charge in [-0.05, 0) is 30.4 Å². The van der Waals surface area contributed by atoms with Gasteiger partial charge in [0.1, 0.15) is 0 Å². The first-order valence-corrected chi connectivity index (χ1v) is 10.3. The van der Waals surface area contributed by atoms with Crippen LogP contribution in [0.2, 0.25) is 0 Å². The highest BCUT2D eigenvalue weighted by Gasteiger charge is 2.31. The van der Waals surface area contributed by atoms with Crippen LogP contribution in [0.1, 0.15) is 44.8 Å². The predicted molar refractivity (Wildman–Crippen MR) is 99.9 cm³/mol. The monoisotopic (exact) mass is 395 g/mol. The zero-order valence-corrected chi connectivity index (χ0v) is 16.7. The van der Waals surface area contributed by atoms with Crippen molar-refractivity contribution in [3.63, 3.8) is 0 Å². The molecule has 0 radical (unpaired) electrons. The summed E-state index contributed by atoms with van der Waals surface area (Å²) in [5, 5.41) is 3.93. The normalized spacial score (nSPS) is 13.3. The predicted octanol–water partition coefficient (Wildman–Crippen LogP) is 2.07. The van der Waals surface area contributed by atoms with Crippen molar-refractivity contribution in [1.29, 1.82) is 0 Å². The molecule has 2 rings (SSSR count). The molecule has 0 aliphatic rings. The number of carbonyl (C=O) groups is 1. The maximum atomic E-state index is 12.8. The average molecular weight is 395 g/mol. The Morgan fingerprint density at radius 3 is 2.33 bits per heavy atom. The minimum atomic E-state index is -3.91. The van der Waals surface area contributed by atoms with Gasteiger partial charge in [0.05, 0.1) is 17.5 Å². The number of sulfonamides is 1. The van der Waals surface area contributed by atoms with E-state index in [2.05, 4.69) is 9.82 Å². The minimum absolute atomic E-state index is 0.0295. The van der Waals surface area contributed by atoms with E-state index in [9.17, 15) is 18.0 Å². The summed E-state index contributed by atoms with van der Waals surface area (Å²) in [7, 11) is -3.91. The molecule has 1 unspecified atom stereocenters. The van der Waals surface area contributed by atoms with Crippen LogP contribution in [0.25, 0.3) is 0 Å². The van der Waals surface area contributed by atoms with Gasteiger partial charge in [0.15, 0.2) is 0 Å². The van der Waals surface area contributed by atoms with Crippen LogP contribution in [-0.4, -0.2) is 30.0 Å². The third-order valence-corrected chi connectivity index (χ3v) is 5.22. The Balaban J connectivity index is 2.31. The maximum Gasteiger partial charge on any atom is 0.437 e. The number of nitrogens with zero attached hydrogens (tertiary/aromatic N) is 2. The molecule has 2 aromatic rings. The molecular weight excluding hydrogens is 370 g/mol. The van der Waals surface area contributed by atoms with Crippen LogP contribution in [0, 0.1) is 11.8 Å². The second-order valence-electron chi connectivity index (χ2n) is 7.23. The lowest BCUT2D eigenvalue weighted by atomic mass is 10.0. The molecule has 9 heteroatoms. The molecule has 8 nitrogen and oxygen atoms in total. The number of aromatic nitrogens is 2. The number of Topliss-reactive ketones (excluding diaryl/α,β-unsaturated/α-hetero) is 1. The number of hydrogen-bond acceptors (Lipinski definition) is 6. The summed E-state index contributed by atoms with van der Waals surface area (Å²) in [6.07, 6.45) is 0.242. The van der Waals surface area contributed by atoms with Gasteiger partial charge in [-0.15, -0.1) is 5.10 Å². The summed E-state index contributed by atoms with van der Waals surface area (Å²) in [6.45, 7) is 7.84. The SMILES string of the molecule is CC(C)CC(NS(=O)(=O)c1ccccc1)C(=O)c1nn(CC(C)C)c(=O)o1. The van der Waals surface area contributed by atoms with Crippen LogP contribution in [-0.2, 0) is 16.6 Å². The van der Waals surface area contributed by atoms with Gasteiger partial charge in [-0.2, -0.15) is 4.68 Å². The summed E-state index contributed by atoms with van der Waals surface area (Å²) in [5.74, 6) is -1.62. The molecule has 148 valence electrons. The van der Waals surface area contributed by atoms with Crippen molar-refractivity contribution in [1.82, 2.24) is 14.5 Å². The molecular formula is C18H25N3O5S. The van der Waals surface area contributed by atoms with Gasteiger partial charge in [0.2, 0.25) is 15.8 Å². The number of rotatable bonds is 9. The summed E-state index contributed by atoms with van der Waals surface area (Å²) >= 11 is 0. The van der Waals surface area contributed by atoms with Gasteiger partial charge in [0.25, 0.3) is 5.89 Å². The Kier molecular flexibility index (Phi) is 6.72. The maximum absolute atomic E-state index is 12.8. The minimum Gasteiger partial charge on any atom is -0.384 e. The van der Waals surface area contributed by atoms with Gasteiger partial charge in [0, 0.05) is 0 Å². The van der Waals surface area contributed by atoms with Crippen molar-refractivity contribution in [3.8, 4) is 0 Å². The average Bonchev–Trinajstić information content (AvgIpc) is 2.94. The molecule has 0 amide bonds. The van der Waals surface area contributed by atoms with Crippen molar-refractivity contribution in [3.05, 3.63) is 46.8 Å². The molecule has 0 saturated heterocycles. The van der Waals surface area contributed by atoms with Crippen LogP contribution in [0.5, 0.6) is 0 Å². The first-order valence-electron chi connectivity index (χ1n) is 8.79. The lowest BCUT2D eigenvalue weighted by molar-refractivity contribution is 0.0905. The Labute approximate surface area is 158 Å². The molecule has 1 heterocycles. The molecule has 1 aromatic heterocycles. The summed E-state index contributed by atoms with van der Waals surface area (Å²) in [6, 6.07) is 6.70. The van der Waals surface area contributed by atoms with Crippen LogP contribution < -0.4 is 10.5 Å². The molecule has 1 atom stereocenters. The third kappa shape index (κ3) is 5.61. The molecule has 27 heavy (non-hydrogen) atoms. The van der Waals surface area contributed by atoms with Crippen LogP contribution in [0.3, 0.4) is 0 Å². The molecule has 1 aromatic carbocycles. The van der Waals surface area contributed by atoms with Crippen molar-refractivity contribution < 1.29 is 17.6 Å². The molecule has 0 fully saturated rings. The van der Waals surface area contributed by atoms with Gasteiger partial charge in [-0.1, -0.05) is 45.9 Å². The van der Waals surface area contributed by atoms with Crippen molar-refractivity contribution in [2.45, 2.75) is 51.6 Å². The summed E-state index contributed by atoms with van der Waals surface area (Å²) in [5.41, 5.74) is 0.